The normalized spacial score (nSPS) is 15.0. The lowest BCUT2D eigenvalue weighted by Gasteiger charge is -2.39. The van der Waals surface area contributed by atoms with E-state index >= 15 is 0 Å². The predicted molar refractivity (Wildman–Crippen MR) is 90.2 cm³/mol. The summed E-state index contributed by atoms with van der Waals surface area (Å²) in [7, 11) is 2.08. The summed E-state index contributed by atoms with van der Waals surface area (Å²) in [6.07, 6.45) is 0. The summed E-state index contributed by atoms with van der Waals surface area (Å²) in [5.41, 5.74) is 4.81. The second-order valence-corrected chi connectivity index (χ2v) is 5.92. The van der Waals surface area contributed by atoms with Crippen LogP contribution in [0.5, 0.6) is 0 Å². The predicted octanol–water partition coefficient (Wildman–Crippen LogP) is 1.56. The largest absolute Gasteiger partial charge is 0.355 e. The number of anilines is 2. The molecule has 0 amide bonds. The number of aromatic nitrogens is 4. The number of imidazole rings is 1. The minimum Gasteiger partial charge on any atom is -0.355 e. The molecule has 23 heavy (non-hydrogen) atoms. The summed E-state index contributed by atoms with van der Waals surface area (Å²) < 4.78 is 2.19. The Morgan fingerprint density at radius 2 is 1.96 bits per heavy atom. The number of aryl methyl sites for hydroxylation is 2. The molecule has 1 aliphatic heterocycles. The molecule has 7 nitrogen and oxygen atoms in total. The van der Waals surface area contributed by atoms with E-state index in [4.69, 9.17) is 10.8 Å². The van der Waals surface area contributed by atoms with Gasteiger partial charge < -0.3 is 14.9 Å². The van der Waals surface area contributed by atoms with Crippen LogP contribution in [0.15, 0.2) is 30.3 Å². The lowest BCUT2D eigenvalue weighted by atomic mass is 9.99. The van der Waals surface area contributed by atoms with Crippen molar-refractivity contribution in [1.29, 1.82) is 0 Å². The third kappa shape index (κ3) is 2.29. The fourth-order valence-electron chi connectivity index (χ4n) is 3.15. The summed E-state index contributed by atoms with van der Waals surface area (Å²) in [5.74, 6) is 9.25. The van der Waals surface area contributed by atoms with Gasteiger partial charge in [0.2, 0.25) is 0 Å². The maximum absolute atomic E-state index is 5.46. The summed E-state index contributed by atoms with van der Waals surface area (Å²) in [4.78, 5) is 15.7. The molecule has 118 valence electrons. The first-order valence-corrected chi connectivity index (χ1v) is 7.64. The van der Waals surface area contributed by atoms with Gasteiger partial charge in [-0.1, -0.05) is 12.1 Å². The molecule has 0 atom stereocenters. The highest BCUT2D eigenvalue weighted by Crippen LogP contribution is 2.32. The minimum atomic E-state index is 0.414. The van der Waals surface area contributed by atoms with Crippen molar-refractivity contribution in [2.75, 3.05) is 23.4 Å². The molecule has 0 spiro atoms. The van der Waals surface area contributed by atoms with Crippen molar-refractivity contribution in [3.8, 4) is 0 Å². The van der Waals surface area contributed by atoms with Crippen molar-refractivity contribution >= 4 is 22.7 Å². The molecule has 0 radical (unpaired) electrons. The van der Waals surface area contributed by atoms with E-state index in [2.05, 4.69) is 44.0 Å². The van der Waals surface area contributed by atoms with Gasteiger partial charge in [0.1, 0.15) is 23.3 Å². The first-order chi connectivity index (χ1) is 11.2. The summed E-state index contributed by atoms with van der Waals surface area (Å²) in [6.45, 7) is 3.67. The zero-order valence-corrected chi connectivity index (χ0v) is 13.2. The Bertz CT molecular complexity index is 864. The van der Waals surface area contributed by atoms with Crippen molar-refractivity contribution in [3.05, 3.63) is 42.0 Å². The highest BCUT2D eigenvalue weighted by Gasteiger charge is 2.32. The van der Waals surface area contributed by atoms with E-state index in [1.54, 1.807) is 0 Å². The van der Waals surface area contributed by atoms with Crippen molar-refractivity contribution in [1.82, 2.24) is 19.5 Å². The Hall–Kier alpha value is -2.67. The maximum Gasteiger partial charge on any atom is 0.145 e. The highest BCUT2D eigenvalue weighted by atomic mass is 15.3. The van der Waals surface area contributed by atoms with E-state index in [1.165, 1.54) is 5.52 Å². The fourth-order valence-corrected chi connectivity index (χ4v) is 3.15. The van der Waals surface area contributed by atoms with Crippen LogP contribution in [0.1, 0.15) is 17.6 Å². The van der Waals surface area contributed by atoms with Gasteiger partial charge in [-0.15, -0.1) is 0 Å². The van der Waals surface area contributed by atoms with Crippen LogP contribution in [0.3, 0.4) is 0 Å². The van der Waals surface area contributed by atoms with Gasteiger partial charge in [-0.05, 0) is 19.1 Å². The molecule has 4 rings (SSSR count). The average Bonchev–Trinajstić information content (AvgIpc) is 2.83. The lowest BCUT2D eigenvalue weighted by Crippen LogP contribution is -2.46. The molecular formula is C16H19N7. The summed E-state index contributed by atoms with van der Waals surface area (Å²) >= 11 is 0. The van der Waals surface area contributed by atoms with Crippen LogP contribution in [-0.2, 0) is 7.05 Å². The average molecular weight is 309 g/mol. The standard InChI is InChI=1S/C16H19N7/c1-10-18-14(21-17)7-15(19-10)23-8-11(9-23)16-20-12-5-3-4-6-13(12)22(16)2/h3-7,11H,8-9,17H2,1-2H3,(H,18,19,21). The van der Waals surface area contributed by atoms with Crippen LogP contribution in [0.2, 0.25) is 0 Å². The Labute approximate surface area is 134 Å². The number of nitrogens with one attached hydrogen (secondary N) is 1. The second-order valence-electron chi connectivity index (χ2n) is 5.92. The highest BCUT2D eigenvalue weighted by molar-refractivity contribution is 5.76. The van der Waals surface area contributed by atoms with Crippen LogP contribution < -0.4 is 16.2 Å². The van der Waals surface area contributed by atoms with Crippen LogP contribution in [0, 0.1) is 6.92 Å². The van der Waals surface area contributed by atoms with E-state index in [9.17, 15) is 0 Å². The Morgan fingerprint density at radius 3 is 2.70 bits per heavy atom. The summed E-state index contributed by atoms with van der Waals surface area (Å²) in [5, 5.41) is 0. The zero-order chi connectivity index (χ0) is 16.0. The Kier molecular flexibility index (Phi) is 3.16. The van der Waals surface area contributed by atoms with Crippen molar-refractivity contribution in [2.45, 2.75) is 12.8 Å². The van der Waals surface area contributed by atoms with Gasteiger partial charge in [0, 0.05) is 26.2 Å². The van der Waals surface area contributed by atoms with Crippen LogP contribution in [-0.4, -0.2) is 32.6 Å². The smallest absolute Gasteiger partial charge is 0.145 e. The number of nitrogens with zero attached hydrogens (tertiary/aromatic N) is 5. The molecule has 3 N–H and O–H groups in total. The van der Waals surface area contributed by atoms with Crippen LogP contribution in [0.4, 0.5) is 11.6 Å². The summed E-state index contributed by atoms with van der Waals surface area (Å²) in [6, 6.07) is 10.1. The molecule has 3 aromatic rings. The first kappa shape index (κ1) is 14.0. The number of nitrogens with two attached hydrogens (primary N) is 1. The second kappa shape index (κ2) is 5.20. The number of nitrogen functional groups attached to an aromatic ring is 1. The Balaban J connectivity index is 1.57. The molecule has 1 aromatic carbocycles. The molecule has 0 unspecified atom stereocenters. The van der Waals surface area contributed by atoms with Gasteiger partial charge in [0.05, 0.1) is 17.0 Å². The Morgan fingerprint density at radius 1 is 1.17 bits per heavy atom. The number of hydrogen-bond donors (Lipinski definition) is 2. The van der Waals surface area contributed by atoms with E-state index in [1.807, 2.05) is 25.1 Å². The molecule has 2 aromatic heterocycles. The molecule has 7 heteroatoms. The van der Waals surface area contributed by atoms with Crippen molar-refractivity contribution < 1.29 is 0 Å². The SMILES string of the molecule is Cc1nc(NN)cc(N2CC(c3nc4ccccc4n3C)C2)n1. The molecule has 0 bridgehead atoms. The van der Waals surface area contributed by atoms with Gasteiger partial charge in [-0.25, -0.2) is 20.8 Å². The fraction of sp³-hybridized carbons (Fsp3) is 0.312. The van der Waals surface area contributed by atoms with E-state index in [0.29, 0.717) is 17.6 Å². The molecular weight excluding hydrogens is 290 g/mol. The maximum atomic E-state index is 5.46. The third-order valence-electron chi connectivity index (χ3n) is 4.36. The molecule has 3 heterocycles. The van der Waals surface area contributed by atoms with Gasteiger partial charge in [-0.2, -0.15) is 0 Å². The van der Waals surface area contributed by atoms with Gasteiger partial charge in [0.15, 0.2) is 0 Å². The third-order valence-corrected chi connectivity index (χ3v) is 4.36. The van der Waals surface area contributed by atoms with E-state index in [-0.39, 0.29) is 0 Å². The van der Waals surface area contributed by atoms with Gasteiger partial charge >= 0.3 is 0 Å². The molecule has 0 saturated carbocycles. The van der Waals surface area contributed by atoms with Gasteiger partial charge in [0.25, 0.3) is 0 Å². The number of rotatable bonds is 3. The number of para-hydroxylation sites is 2. The van der Waals surface area contributed by atoms with Crippen LogP contribution >= 0.6 is 0 Å². The monoisotopic (exact) mass is 309 g/mol. The molecule has 0 aliphatic carbocycles. The molecule has 1 fully saturated rings. The number of hydrazine groups is 1. The molecule has 1 saturated heterocycles. The van der Waals surface area contributed by atoms with Gasteiger partial charge in [-0.3, -0.25) is 0 Å². The minimum absolute atomic E-state index is 0.414. The van der Waals surface area contributed by atoms with E-state index < -0.39 is 0 Å². The lowest BCUT2D eigenvalue weighted by molar-refractivity contribution is 0.486. The van der Waals surface area contributed by atoms with E-state index in [0.717, 1.165) is 30.2 Å². The number of hydrogen-bond acceptors (Lipinski definition) is 6. The number of benzene rings is 1. The van der Waals surface area contributed by atoms with Crippen molar-refractivity contribution in [3.63, 3.8) is 0 Å². The quantitative estimate of drug-likeness (QED) is 0.564. The number of fused-ring (bicyclic) bond motifs is 1. The van der Waals surface area contributed by atoms with Crippen molar-refractivity contribution in [2.24, 2.45) is 12.9 Å². The topological polar surface area (TPSA) is 84.9 Å². The zero-order valence-electron chi connectivity index (χ0n) is 13.2. The van der Waals surface area contributed by atoms with Crippen LogP contribution in [0.25, 0.3) is 11.0 Å². The molecule has 1 aliphatic rings. The first-order valence-electron chi connectivity index (χ1n) is 7.64.